The maximum atomic E-state index is 5.94. The monoisotopic (exact) mass is 275 g/mol. The van der Waals surface area contributed by atoms with E-state index in [1.165, 1.54) is 5.56 Å². The molecule has 0 heterocycles. The number of halogens is 1. The van der Waals surface area contributed by atoms with Crippen LogP contribution in [0, 0.1) is 0 Å². The summed E-state index contributed by atoms with van der Waals surface area (Å²) in [4.78, 5) is 0. The topological polar surface area (TPSA) is 21.3 Å². The maximum Gasteiger partial charge on any atom is 0.126 e. The van der Waals surface area contributed by atoms with E-state index in [-0.39, 0.29) is 0 Å². The first-order valence-corrected chi connectivity index (χ1v) is 6.64. The minimum absolute atomic E-state index is 0.303. The zero-order valence-electron chi connectivity index (χ0n) is 11.4. The van der Waals surface area contributed by atoms with Crippen LogP contribution in [0.1, 0.15) is 18.5 Å². The van der Waals surface area contributed by atoms with E-state index >= 15 is 0 Å². The summed E-state index contributed by atoms with van der Waals surface area (Å²) < 4.78 is 5.44. The molecule has 2 aromatic rings. The number of hydrogen-bond donors (Lipinski definition) is 1. The maximum absolute atomic E-state index is 5.94. The lowest BCUT2D eigenvalue weighted by Gasteiger charge is -2.15. The van der Waals surface area contributed by atoms with Crippen molar-refractivity contribution in [1.82, 2.24) is 5.32 Å². The summed E-state index contributed by atoms with van der Waals surface area (Å²) in [5.41, 5.74) is 3.42. The second-order valence-electron chi connectivity index (χ2n) is 4.48. The normalized spacial score (nSPS) is 12.2. The summed E-state index contributed by atoms with van der Waals surface area (Å²) in [6.45, 7) is 2.13. The molecule has 0 saturated carbocycles. The van der Waals surface area contributed by atoms with Crippen molar-refractivity contribution in [2.24, 2.45) is 0 Å². The number of nitrogens with one attached hydrogen (secondary N) is 1. The smallest absolute Gasteiger partial charge is 0.126 e. The van der Waals surface area contributed by atoms with Crippen LogP contribution in [0.4, 0.5) is 0 Å². The van der Waals surface area contributed by atoms with Crippen molar-refractivity contribution in [1.29, 1.82) is 0 Å². The average Bonchev–Trinajstić information content (AvgIpc) is 2.46. The van der Waals surface area contributed by atoms with Gasteiger partial charge in [0.05, 0.1) is 7.11 Å². The number of rotatable bonds is 4. The van der Waals surface area contributed by atoms with Crippen LogP contribution in [-0.2, 0) is 0 Å². The van der Waals surface area contributed by atoms with E-state index < -0.39 is 0 Å². The van der Waals surface area contributed by atoms with E-state index in [9.17, 15) is 0 Å². The predicted molar refractivity (Wildman–Crippen MR) is 80.9 cm³/mol. The van der Waals surface area contributed by atoms with Crippen molar-refractivity contribution in [2.75, 3.05) is 14.2 Å². The Morgan fingerprint density at radius 2 is 1.79 bits per heavy atom. The second-order valence-corrected chi connectivity index (χ2v) is 4.91. The Bertz CT molecular complexity index is 551. The molecular formula is C16H18ClNO. The SMILES string of the molecule is CNC(C)c1ccc(OC)c(-c2ccc(Cl)cc2)c1. The third-order valence-electron chi connectivity index (χ3n) is 3.31. The van der Waals surface area contributed by atoms with Gasteiger partial charge < -0.3 is 10.1 Å². The summed E-state index contributed by atoms with van der Waals surface area (Å²) in [6.07, 6.45) is 0. The first-order valence-electron chi connectivity index (χ1n) is 6.27. The van der Waals surface area contributed by atoms with Crippen molar-refractivity contribution < 1.29 is 4.74 Å². The molecule has 1 unspecified atom stereocenters. The molecular weight excluding hydrogens is 258 g/mol. The third-order valence-corrected chi connectivity index (χ3v) is 3.56. The Morgan fingerprint density at radius 1 is 1.11 bits per heavy atom. The lowest BCUT2D eigenvalue weighted by Crippen LogP contribution is -2.12. The largest absolute Gasteiger partial charge is 0.496 e. The highest BCUT2D eigenvalue weighted by molar-refractivity contribution is 6.30. The van der Waals surface area contributed by atoms with Gasteiger partial charge in [-0.3, -0.25) is 0 Å². The van der Waals surface area contributed by atoms with Crippen molar-refractivity contribution in [3.63, 3.8) is 0 Å². The first kappa shape index (κ1) is 13.9. The van der Waals surface area contributed by atoms with Crippen LogP contribution in [0.3, 0.4) is 0 Å². The van der Waals surface area contributed by atoms with Crippen LogP contribution in [0.15, 0.2) is 42.5 Å². The highest BCUT2D eigenvalue weighted by Crippen LogP contribution is 2.33. The van der Waals surface area contributed by atoms with Crippen LogP contribution in [0.5, 0.6) is 5.75 Å². The van der Waals surface area contributed by atoms with Gasteiger partial charge in [-0.15, -0.1) is 0 Å². The quantitative estimate of drug-likeness (QED) is 0.898. The van der Waals surface area contributed by atoms with Gasteiger partial charge in [0.15, 0.2) is 0 Å². The molecule has 0 aliphatic heterocycles. The summed E-state index contributed by atoms with van der Waals surface area (Å²) in [5, 5.41) is 3.98. The standard InChI is InChI=1S/C16H18ClNO/c1-11(18-2)13-6-9-16(19-3)15(10-13)12-4-7-14(17)8-5-12/h4-11,18H,1-3H3. The van der Waals surface area contributed by atoms with Gasteiger partial charge in [-0.05, 0) is 49.4 Å². The van der Waals surface area contributed by atoms with Gasteiger partial charge in [0.1, 0.15) is 5.75 Å². The summed E-state index contributed by atoms with van der Waals surface area (Å²) >= 11 is 5.94. The molecule has 2 rings (SSSR count). The highest BCUT2D eigenvalue weighted by Gasteiger charge is 2.10. The average molecular weight is 276 g/mol. The molecule has 2 nitrogen and oxygen atoms in total. The molecule has 0 amide bonds. The molecule has 2 aromatic carbocycles. The predicted octanol–water partition coefficient (Wildman–Crippen LogP) is 4.30. The molecule has 1 N–H and O–H groups in total. The van der Waals surface area contributed by atoms with Crippen LogP contribution in [-0.4, -0.2) is 14.2 Å². The molecule has 0 aliphatic rings. The van der Waals surface area contributed by atoms with Crippen molar-refractivity contribution >= 4 is 11.6 Å². The minimum atomic E-state index is 0.303. The van der Waals surface area contributed by atoms with E-state index in [0.29, 0.717) is 6.04 Å². The van der Waals surface area contributed by atoms with Crippen molar-refractivity contribution in [2.45, 2.75) is 13.0 Å². The fourth-order valence-corrected chi connectivity index (χ4v) is 2.14. The number of ether oxygens (including phenoxy) is 1. The first-order chi connectivity index (χ1) is 9.15. The van der Waals surface area contributed by atoms with Crippen LogP contribution in [0.25, 0.3) is 11.1 Å². The van der Waals surface area contributed by atoms with Gasteiger partial charge in [-0.2, -0.15) is 0 Å². The molecule has 0 spiro atoms. The Hall–Kier alpha value is -1.51. The van der Waals surface area contributed by atoms with Crippen LogP contribution >= 0.6 is 11.6 Å². The number of benzene rings is 2. The molecule has 19 heavy (non-hydrogen) atoms. The van der Waals surface area contributed by atoms with Gasteiger partial charge in [0.2, 0.25) is 0 Å². The Labute approximate surface area is 119 Å². The van der Waals surface area contributed by atoms with Gasteiger partial charge in [0.25, 0.3) is 0 Å². The number of hydrogen-bond acceptors (Lipinski definition) is 2. The molecule has 0 bridgehead atoms. The van der Waals surface area contributed by atoms with E-state index in [1.807, 2.05) is 37.4 Å². The molecule has 100 valence electrons. The van der Waals surface area contributed by atoms with Gasteiger partial charge >= 0.3 is 0 Å². The Morgan fingerprint density at radius 3 is 2.37 bits per heavy atom. The third kappa shape index (κ3) is 3.09. The number of methoxy groups -OCH3 is 1. The molecule has 0 aromatic heterocycles. The van der Waals surface area contributed by atoms with Crippen LogP contribution in [0.2, 0.25) is 5.02 Å². The van der Waals surface area contributed by atoms with E-state index in [0.717, 1.165) is 21.9 Å². The Balaban J connectivity index is 2.49. The van der Waals surface area contributed by atoms with Gasteiger partial charge in [-0.1, -0.05) is 29.8 Å². The lowest BCUT2D eigenvalue weighted by molar-refractivity contribution is 0.416. The molecule has 0 aliphatic carbocycles. The molecule has 1 atom stereocenters. The molecule has 0 fully saturated rings. The highest BCUT2D eigenvalue weighted by atomic mass is 35.5. The zero-order chi connectivity index (χ0) is 13.8. The van der Waals surface area contributed by atoms with Gasteiger partial charge in [-0.25, -0.2) is 0 Å². The second kappa shape index (κ2) is 6.09. The van der Waals surface area contributed by atoms with Crippen molar-refractivity contribution in [3.8, 4) is 16.9 Å². The molecule has 0 saturated heterocycles. The van der Waals surface area contributed by atoms with E-state index in [2.05, 4.69) is 24.4 Å². The van der Waals surface area contributed by atoms with Crippen molar-refractivity contribution in [3.05, 3.63) is 53.1 Å². The van der Waals surface area contributed by atoms with Crippen LogP contribution < -0.4 is 10.1 Å². The fourth-order valence-electron chi connectivity index (χ4n) is 2.02. The minimum Gasteiger partial charge on any atom is -0.496 e. The molecule has 0 radical (unpaired) electrons. The van der Waals surface area contributed by atoms with Gasteiger partial charge in [0, 0.05) is 16.6 Å². The Kier molecular flexibility index (Phi) is 4.46. The summed E-state index contributed by atoms with van der Waals surface area (Å²) in [5.74, 6) is 0.870. The summed E-state index contributed by atoms with van der Waals surface area (Å²) in [7, 11) is 3.65. The van der Waals surface area contributed by atoms with E-state index in [4.69, 9.17) is 16.3 Å². The zero-order valence-corrected chi connectivity index (χ0v) is 12.2. The van der Waals surface area contributed by atoms with E-state index in [1.54, 1.807) is 7.11 Å². The summed E-state index contributed by atoms with van der Waals surface area (Å²) in [6, 6.07) is 14.4. The molecule has 3 heteroatoms. The fraction of sp³-hybridized carbons (Fsp3) is 0.250. The lowest BCUT2D eigenvalue weighted by atomic mass is 9.99.